The lowest BCUT2D eigenvalue weighted by molar-refractivity contribution is -0.137. The van der Waals surface area contributed by atoms with Gasteiger partial charge in [-0.1, -0.05) is 0 Å². The van der Waals surface area contributed by atoms with Crippen LogP contribution in [-0.4, -0.2) is 21.0 Å². The second-order valence-electron chi connectivity index (χ2n) is 3.82. The van der Waals surface area contributed by atoms with E-state index in [4.69, 9.17) is 5.11 Å². The monoisotopic (exact) mass is 283 g/mol. The van der Waals surface area contributed by atoms with Crippen molar-refractivity contribution in [2.75, 3.05) is 5.32 Å². The zero-order chi connectivity index (χ0) is 14.8. The third kappa shape index (κ3) is 3.02. The molecule has 0 fully saturated rings. The van der Waals surface area contributed by atoms with E-state index in [1.54, 1.807) is 0 Å². The average molecular weight is 283 g/mol. The van der Waals surface area contributed by atoms with Crippen LogP contribution in [0.1, 0.15) is 15.9 Å². The first kappa shape index (κ1) is 13.8. The molecule has 0 spiro atoms. The van der Waals surface area contributed by atoms with Crippen LogP contribution in [0.25, 0.3) is 0 Å². The number of benzene rings is 1. The van der Waals surface area contributed by atoms with Crippen molar-refractivity contribution in [1.82, 2.24) is 9.97 Å². The fourth-order valence-corrected chi connectivity index (χ4v) is 1.53. The molecule has 0 radical (unpaired) electrons. The van der Waals surface area contributed by atoms with Gasteiger partial charge in [-0.3, -0.25) is 0 Å². The first-order valence-corrected chi connectivity index (χ1v) is 5.34. The smallest absolute Gasteiger partial charge is 0.416 e. The van der Waals surface area contributed by atoms with Gasteiger partial charge >= 0.3 is 12.1 Å². The first-order valence-electron chi connectivity index (χ1n) is 5.34. The van der Waals surface area contributed by atoms with Gasteiger partial charge in [0.05, 0.1) is 34.9 Å². The van der Waals surface area contributed by atoms with Crippen molar-refractivity contribution in [2.24, 2.45) is 0 Å². The van der Waals surface area contributed by atoms with E-state index in [1.165, 1.54) is 18.7 Å². The molecule has 1 heterocycles. The van der Waals surface area contributed by atoms with Crippen LogP contribution in [0.5, 0.6) is 0 Å². The Morgan fingerprint density at radius 2 is 1.85 bits per heavy atom. The van der Waals surface area contributed by atoms with E-state index in [0.717, 1.165) is 12.1 Å². The van der Waals surface area contributed by atoms with Crippen LogP contribution in [0.2, 0.25) is 0 Å². The number of alkyl halides is 3. The summed E-state index contributed by atoms with van der Waals surface area (Å²) in [5.74, 6) is -1.46. The Hall–Kier alpha value is -2.64. The molecule has 0 saturated carbocycles. The van der Waals surface area contributed by atoms with Crippen LogP contribution in [0.4, 0.5) is 24.5 Å². The molecule has 0 aliphatic rings. The van der Waals surface area contributed by atoms with Crippen molar-refractivity contribution in [1.29, 1.82) is 0 Å². The van der Waals surface area contributed by atoms with E-state index in [2.05, 4.69) is 15.3 Å². The fourth-order valence-electron chi connectivity index (χ4n) is 1.53. The van der Waals surface area contributed by atoms with E-state index in [9.17, 15) is 18.0 Å². The van der Waals surface area contributed by atoms with Gasteiger partial charge in [0.1, 0.15) is 6.33 Å². The Kier molecular flexibility index (Phi) is 3.55. The predicted molar refractivity (Wildman–Crippen MR) is 63.7 cm³/mol. The number of halogens is 3. The summed E-state index contributed by atoms with van der Waals surface area (Å²) in [6.45, 7) is 0. The maximum absolute atomic E-state index is 12.6. The minimum Gasteiger partial charge on any atom is -0.478 e. The average Bonchev–Trinajstić information content (AvgIpc) is 2.38. The minimum absolute atomic E-state index is 0.0281. The minimum atomic E-state index is -4.60. The lowest BCUT2D eigenvalue weighted by Gasteiger charge is -2.12. The molecule has 5 nitrogen and oxygen atoms in total. The molecule has 0 bridgehead atoms. The van der Waals surface area contributed by atoms with Gasteiger partial charge in [-0.25, -0.2) is 14.8 Å². The van der Waals surface area contributed by atoms with Crippen molar-refractivity contribution >= 4 is 17.3 Å². The number of nitrogens with one attached hydrogen (secondary N) is 1. The summed E-state index contributed by atoms with van der Waals surface area (Å²) in [5, 5.41) is 11.7. The predicted octanol–water partition coefficient (Wildman–Crippen LogP) is 2.94. The largest absolute Gasteiger partial charge is 0.478 e. The molecule has 20 heavy (non-hydrogen) atoms. The number of hydrogen-bond acceptors (Lipinski definition) is 4. The van der Waals surface area contributed by atoms with Gasteiger partial charge in [0.15, 0.2) is 0 Å². The topological polar surface area (TPSA) is 75.1 Å². The number of carboxylic acids is 1. The fraction of sp³-hybridized carbons (Fsp3) is 0.0833. The summed E-state index contributed by atoms with van der Waals surface area (Å²) < 4.78 is 37.7. The molecule has 2 N–H and O–H groups in total. The van der Waals surface area contributed by atoms with Crippen molar-refractivity contribution in [3.8, 4) is 0 Å². The highest BCUT2D eigenvalue weighted by Gasteiger charge is 2.31. The number of aromatic carboxylic acids is 1. The number of anilines is 2. The number of carboxylic acid groups (broad SMARTS) is 1. The molecule has 0 saturated heterocycles. The maximum Gasteiger partial charge on any atom is 0.416 e. The second-order valence-corrected chi connectivity index (χ2v) is 3.82. The van der Waals surface area contributed by atoms with Crippen LogP contribution in [0, 0.1) is 0 Å². The highest BCUT2D eigenvalue weighted by Crippen LogP contribution is 2.32. The molecular weight excluding hydrogens is 275 g/mol. The quantitative estimate of drug-likeness (QED) is 0.905. The van der Waals surface area contributed by atoms with Crippen molar-refractivity contribution in [3.05, 3.63) is 48.0 Å². The second kappa shape index (κ2) is 5.16. The highest BCUT2D eigenvalue weighted by atomic mass is 19.4. The van der Waals surface area contributed by atoms with E-state index in [-0.39, 0.29) is 5.69 Å². The molecule has 104 valence electrons. The van der Waals surface area contributed by atoms with Crippen LogP contribution in [0.3, 0.4) is 0 Å². The van der Waals surface area contributed by atoms with Gasteiger partial charge < -0.3 is 10.4 Å². The number of nitrogens with zero attached hydrogens (tertiary/aromatic N) is 2. The Bertz CT molecular complexity index is 630. The third-order valence-corrected chi connectivity index (χ3v) is 2.42. The first-order chi connectivity index (χ1) is 9.38. The standard InChI is InChI=1S/C12H8F3N3O2/c13-12(14,15)7-1-2-10(9(3-7)11(19)20)18-8-4-16-6-17-5-8/h1-6,18H,(H,19,20). The van der Waals surface area contributed by atoms with Crippen molar-refractivity contribution < 1.29 is 23.1 Å². The van der Waals surface area contributed by atoms with E-state index in [0.29, 0.717) is 11.8 Å². The SMILES string of the molecule is O=C(O)c1cc(C(F)(F)F)ccc1Nc1cncnc1. The number of aromatic nitrogens is 2. The molecule has 0 unspecified atom stereocenters. The Labute approximate surface area is 111 Å². The zero-order valence-electron chi connectivity index (χ0n) is 9.85. The molecule has 0 atom stereocenters. The zero-order valence-corrected chi connectivity index (χ0v) is 9.85. The van der Waals surface area contributed by atoms with Crippen LogP contribution in [-0.2, 0) is 6.18 Å². The lowest BCUT2D eigenvalue weighted by atomic mass is 10.1. The van der Waals surface area contributed by atoms with Crippen LogP contribution in [0.15, 0.2) is 36.9 Å². The summed E-state index contributed by atoms with van der Waals surface area (Å²) in [6, 6.07) is 2.44. The van der Waals surface area contributed by atoms with Crippen LogP contribution < -0.4 is 5.32 Å². The van der Waals surface area contributed by atoms with E-state index < -0.39 is 23.3 Å². The van der Waals surface area contributed by atoms with Gasteiger partial charge in [-0.05, 0) is 18.2 Å². The molecule has 1 aromatic carbocycles. The molecular formula is C12H8F3N3O2. The highest BCUT2D eigenvalue weighted by molar-refractivity contribution is 5.95. The molecule has 0 aliphatic carbocycles. The maximum atomic E-state index is 12.6. The van der Waals surface area contributed by atoms with Gasteiger partial charge in [-0.15, -0.1) is 0 Å². The van der Waals surface area contributed by atoms with Gasteiger partial charge in [-0.2, -0.15) is 13.2 Å². The van der Waals surface area contributed by atoms with Gasteiger partial charge in [0, 0.05) is 0 Å². The lowest BCUT2D eigenvalue weighted by Crippen LogP contribution is -2.09. The van der Waals surface area contributed by atoms with Crippen molar-refractivity contribution in [3.63, 3.8) is 0 Å². The Morgan fingerprint density at radius 1 is 1.20 bits per heavy atom. The van der Waals surface area contributed by atoms with Gasteiger partial charge in [0.25, 0.3) is 0 Å². The van der Waals surface area contributed by atoms with Gasteiger partial charge in [0.2, 0.25) is 0 Å². The van der Waals surface area contributed by atoms with E-state index >= 15 is 0 Å². The Morgan fingerprint density at radius 3 is 2.40 bits per heavy atom. The molecule has 0 amide bonds. The summed E-state index contributed by atoms with van der Waals surface area (Å²) in [4.78, 5) is 18.5. The Balaban J connectivity index is 2.41. The van der Waals surface area contributed by atoms with Crippen molar-refractivity contribution in [2.45, 2.75) is 6.18 Å². The molecule has 1 aromatic heterocycles. The number of hydrogen-bond donors (Lipinski definition) is 2. The molecule has 8 heteroatoms. The summed E-state index contributed by atoms with van der Waals surface area (Å²) in [6.07, 6.45) is -0.582. The third-order valence-electron chi connectivity index (χ3n) is 2.42. The summed E-state index contributed by atoms with van der Waals surface area (Å²) >= 11 is 0. The molecule has 2 rings (SSSR count). The molecule has 2 aromatic rings. The normalized spacial score (nSPS) is 11.2. The number of rotatable bonds is 3. The molecule has 0 aliphatic heterocycles. The van der Waals surface area contributed by atoms with Crippen LogP contribution >= 0.6 is 0 Å². The summed E-state index contributed by atoms with van der Waals surface area (Å²) in [5.41, 5.74) is -1.11. The summed E-state index contributed by atoms with van der Waals surface area (Å²) in [7, 11) is 0. The number of carbonyl (C=O) groups is 1. The van der Waals surface area contributed by atoms with E-state index in [1.807, 2.05) is 0 Å².